The summed E-state index contributed by atoms with van der Waals surface area (Å²) in [5.74, 6) is 1.83. The molecule has 0 saturated heterocycles. The van der Waals surface area contributed by atoms with Gasteiger partial charge >= 0.3 is 0 Å². The number of aryl methyl sites for hydroxylation is 2. The first-order valence-electron chi connectivity index (χ1n) is 49.2. The Hall–Kier alpha value is -14.5. The Kier molecular flexibility index (Phi) is 24.7. The number of unbranched alkanes of at least 4 members (excludes halogenated alkanes) is 12. The van der Waals surface area contributed by atoms with Gasteiger partial charge in [-0.05, 0) is 284 Å². The van der Waals surface area contributed by atoms with Crippen molar-refractivity contribution in [2.24, 2.45) is 0 Å². The van der Waals surface area contributed by atoms with E-state index >= 15 is 0 Å². The van der Waals surface area contributed by atoms with Crippen molar-refractivity contribution in [2.75, 3.05) is 9.80 Å². The molecule has 0 amide bonds. The summed E-state index contributed by atoms with van der Waals surface area (Å²) in [5.41, 5.74) is 32.4. The Labute approximate surface area is 784 Å². The molecule has 2 aromatic heterocycles. The lowest BCUT2D eigenvalue weighted by molar-refractivity contribution is 0.398. The second-order valence-electron chi connectivity index (χ2n) is 37.0. The molecule has 0 fully saturated rings. The van der Waals surface area contributed by atoms with Crippen LogP contribution in [-0.2, 0) is 18.3 Å². The van der Waals surface area contributed by atoms with E-state index in [1.807, 2.05) is 0 Å². The maximum atomic E-state index is 6.03. The predicted octanol–water partition coefficient (Wildman–Crippen LogP) is 36.4. The molecule has 0 saturated carbocycles. The summed E-state index contributed by atoms with van der Waals surface area (Å²) in [6, 6.07) is 146. The highest BCUT2D eigenvalue weighted by atomic mass is 15.2. The monoisotopic (exact) mass is 1720 g/mol. The number of imidazole rings is 2. The summed E-state index contributed by atoms with van der Waals surface area (Å²) in [6.45, 7) is 9.26. The van der Waals surface area contributed by atoms with Crippen LogP contribution in [0.2, 0.25) is 0 Å². The molecule has 1 aliphatic rings. The number of benzene rings is 18. The van der Waals surface area contributed by atoms with Crippen LogP contribution < -0.4 is 9.80 Å². The van der Waals surface area contributed by atoms with Crippen LogP contribution in [0.1, 0.15) is 166 Å². The summed E-state index contributed by atoms with van der Waals surface area (Å²) >= 11 is 0. The Morgan fingerprint density at radius 1 is 0.226 bits per heavy atom. The molecular formula is C127H116N6. The van der Waals surface area contributed by atoms with Gasteiger partial charge in [0.15, 0.2) is 0 Å². The summed E-state index contributed by atoms with van der Waals surface area (Å²) < 4.78 is 4.99. The second-order valence-corrected chi connectivity index (χ2v) is 37.0. The fourth-order valence-electron chi connectivity index (χ4n) is 21.6. The van der Waals surface area contributed by atoms with Crippen molar-refractivity contribution < 1.29 is 0 Å². The number of aromatic nitrogens is 4. The molecule has 0 aliphatic heterocycles. The van der Waals surface area contributed by atoms with Gasteiger partial charge in [0.05, 0.1) is 22.1 Å². The first kappa shape index (κ1) is 85.3. The minimum Gasteiger partial charge on any atom is -0.311 e. The zero-order valence-electron chi connectivity index (χ0n) is 77.3. The smallest absolute Gasteiger partial charge is 0.145 e. The zero-order chi connectivity index (χ0) is 89.6. The topological polar surface area (TPSA) is 42.1 Å². The van der Waals surface area contributed by atoms with Crippen molar-refractivity contribution in [3.63, 3.8) is 0 Å². The molecule has 0 bridgehead atoms. The third-order valence-electron chi connectivity index (χ3n) is 28.4. The number of hydrogen-bond acceptors (Lipinski definition) is 4. The van der Waals surface area contributed by atoms with Crippen LogP contribution >= 0.6 is 0 Å². The molecule has 18 aromatic carbocycles. The minimum atomic E-state index is -0.315. The van der Waals surface area contributed by atoms with Gasteiger partial charge in [0.1, 0.15) is 11.6 Å². The van der Waals surface area contributed by atoms with Crippen molar-refractivity contribution in [2.45, 2.75) is 162 Å². The molecule has 6 heteroatoms. The van der Waals surface area contributed by atoms with Crippen molar-refractivity contribution in [1.82, 2.24) is 19.1 Å². The number of rotatable bonds is 34. The van der Waals surface area contributed by atoms with E-state index < -0.39 is 0 Å². The Balaban J connectivity index is 0.772. The van der Waals surface area contributed by atoms with Gasteiger partial charge in [0.2, 0.25) is 0 Å². The lowest BCUT2D eigenvalue weighted by Gasteiger charge is -2.33. The lowest BCUT2D eigenvalue weighted by Crippen LogP contribution is -2.25. The fraction of sp³-hybridized carbons (Fsp3) is 0.197. The third kappa shape index (κ3) is 16.8. The molecule has 2 heterocycles. The van der Waals surface area contributed by atoms with Crippen LogP contribution in [0.15, 0.2) is 388 Å². The summed E-state index contributed by atoms with van der Waals surface area (Å²) in [7, 11) is 0. The van der Waals surface area contributed by atoms with E-state index in [-0.39, 0.29) is 5.41 Å². The van der Waals surface area contributed by atoms with E-state index in [0.717, 1.165) is 199 Å². The van der Waals surface area contributed by atoms with E-state index in [4.69, 9.17) is 9.97 Å². The molecule has 0 unspecified atom stereocenters. The van der Waals surface area contributed by atoms with Gasteiger partial charge in [0.25, 0.3) is 0 Å². The fourth-order valence-corrected chi connectivity index (χ4v) is 21.6. The van der Waals surface area contributed by atoms with Crippen LogP contribution in [0.5, 0.6) is 0 Å². The molecule has 0 atom stereocenters. The summed E-state index contributed by atoms with van der Waals surface area (Å²) in [6.07, 6.45) is 23.4. The van der Waals surface area contributed by atoms with Gasteiger partial charge in [-0.2, -0.15) is 0 Å². The lowest BCUT2D eigenvalue weighted by atomic mass is 9.70. The summed E-state index contributed by atoms with van der Waals surface area (Å²) in [5, 5.41) is 9.51. The van der Waals surface area contributed by atoms with Crippen LogP contribution in [0.25, 0.3) is 155 Å². The van der Waals surface area contributed by atoms with Gasteiger partial charge in [-0.1, -0.05) is 360 Å². The van der Waals surface area contributed by atoms with Gasteiger partial charge in [-0.25, -0.2) is 9.97 Å². The summed E-state index contributed by atoms with van der Waals surface area (Å²) in [4.78, 5) is 16.8. The minimum absolute atomic E-state index is 0.315. The van der Waals surface area contributed by atoms with E-state index in [1.165, 1.54) is 141 Å². The van der Waals surface area contributed by atoms with Crippen molar-refractivity contribution >= 4 is 99.3 Å². The van der Waals surface area contributed by atoms with Crippen molar-refractivity contribution in [3.05, 3.63) is 411 Å². The van der Waals surface area contributed by atoms with Crippen LogP contribution in [-0.4, -0.2) is 19.1 Å². The number of anilines is 6. The molecule has 654 valence electrons. The average molecular weight is 1730 g/mol. The second kappa shape index (κ2) is 38.5. The molecule has 0 N–H and O–H groups in total. The predicted molar refractivity (Wildman–Crippen MR) is 567 cm³/mol. The van der Waals surface area contributed by atoms with Gasteiger partial charge < -0.3 is 9.80 Å². The van der Waals surface area contributed by atoms with Crippen molar-refractivity contribution in [3.8, 4) is 89.8 Å². The SMILES string of the molecule is CCCCCCCCC1(CCCCCCCC)c2cc(-c3cc(-c4ccc(N(c5ccccc5)c5ccccc5)cc4)cc(-c4nc5c6ccccc6c6ccccc6c5n4-c4ccc(CCCC)cc4)c3)ccc2-c2ccc(-c3cc(-c4ccc(N(c5ccccc5)c5ccccc5)cc4)cc(-c4nc5c6ccccc6c6ccccc6c5n4-c4ccc(CCCC)cc4)c3)cc21. The van der Waals surface area contributed by atoms with Crippen molar-refractivity contribution in [1.29, 1.82) is 0 Å². The highest BCUT2D eigenvalue weighted by Crippen LogP contribution is 2.57. The quantitative estimate of drug-likeness (QED) is 0.0298. The molecule has 6 nitrogen and oxygen atoms in total. The van der Waals surface area contributed by atoms with Gasteiger partial charge in [-0.3, -0.25) is 9.13 Å². The maximum Gasteiger partial charge on any atom is 0.145 e. The molecule has 20 aromatic rings. The average Bonchev–Trinajstić information content (AvgIpc) is 1.62. The van der Waals surface area contributed by atoms with E-state index in [1.54, 1.807) is 0 Å². The molecule has 0 spiro atoms. The van der Waals surface area contributed by atoms with E-state index in [0.29, 0.717) is 0 Å². The highest BCUT2D eigenvalue weighted by molar-refractivity contribution is 6.26. The first-order valence-corrected chi connectivity index (χ1v) is 49.2. The molecule has 1 aliphatic carbocycles. The molecule has 0 radical (unpaired) electrons. The Bertz CT molecular complexity index is 6990. The van der Waals surface area contributed by atoms with E-state index in [2.05, 4.69) is 435 Å². The highest BCUT2D eigenvalue weighted by Gasteiger charge is 2.43. The zero-order valence-corrected chi connectivity index (χ0v) is 77.3. The van der Waals surface area contributed by atoms with E-state index in [9.17, 15) is 0 Å². The molecular weight excluding hydrogens is 1610 g/mol. The van der Waals surface area contributed by atoms with Gasteiger partial charge in [-0.15, -0.1) is 0 Å². The number of nitrogens with zero attached hydrogens (tertiary/aromatic N) is 6. The normalized spacial score (nSPS) is 12.3. The largest absolute Gasteiger partial charge is 0.311 e. The molecule has 21 rings (SSSR count). The third-order valence-corrected chi connectivity index (χ3v) is 28.4. The maximum absolute atomic E-state index is 6.03. The van der Waals surface area contributed by atoms with Crippen LogP contribution in [0.4, 0.5) is 34.1 Å². The number of fused-ring (bicyclic) bond motifs is 15. The standard InChI is InChI=1S/C127H116N6/c1-5-9-13-15-17-39-79-127(80-40-18-16-14-10-6-2)119-87-93(97-81-95(91-63-73-105(74-64-91)130(101-43-23-19-24-44-101)102-45-25-20-26-46-102)83-99(85-97)125-128-121-115-55-35-31-51-109(115)111-53-33-37-57-117(111)123(121)132(125)107-69-59-89(60-70-107)41-11-7-3)67-77-113(119)114-78-68-94(88-120(114)127)98-82-96(92-65-75-106(76-66-92)131(103-47-27-21-28-48-103)104-49-29-22-30-50-104)84-100(86-98)126-129-122-116-56-36-32-52-110(116)112-54-34-38-58-118(112)124(122)133(126)108-71-61-90(62-72-108)42-12-8-4/h19-38,43-78,81-88H,5-18,39-42,79-80H2,1-4H3. The Morgan fingerprint density at radius 2 is 0.504 bits per heavy atom. The molecule has 133 heavy (non-hydrogen) atoms. The van der Waals surface area contributed by atoms with Crippen LogP contribution in [0, 0.1) is 0 Å². The van der Waals surface area contributed by atoms with Gasteiger partial charge in [0, 0.05) is 83.6 Å². The number of hydrogen-bond donors (Lipinski definition) is 0. The first-order chi connectivity index (χ1) is 65.8. The van der Waals surface area contributed by atoms with Crippen LogP contribution in [0.3, 0.4) is 0 Å². The Morgan fingerprint density at radius 3 is 0.850 bits per heavy atom. The number of para-hydroxylation sites is 4.